The summed E-state index contributed by atoms with van der Waals surface area (Å²) in [5, 5.41) is 17.9. The number of hydrogen-bond acceptors (Lipinski definition) is 4. The third kappa shape index (κ3) is 3.19. The first-order valence-corrected chi connectivity index (χ1v) is 6.64. The average molecular weight is 309 g/mol. The zero-order valence-corrected chi connectivity index (χ0v) is 12.0. The minimum Gasteiger partial charge on any atom is -0.346 e. The van der Waals surface area contributed by atoms with Gasteiger partial charge >= 0.3 is 5.69 Å². The maximum absolute atomic E-state index is 12.2. The van der Waals surface area contributed by atoms with Crippen molar-refractivity contribution in [3.05, 3.63) is 56.9 Å². The van der Waals surface area contributed by atoms with Crippen molar-refractivity contribution in [2.24, 2.45) is 0 Å². The van der Waals surface area contributed by atoms with Crippen LogP contribution in [0, 0.1) is 10.1 Å². The Morgan fingerprint density at radius 1 is 1.48 bits per heavy atom. The molecule has 2 rings (SSSR count). The Morgan fingerprint density at radius 2 is 2.19 bits per heavy atom. The molecule has 0 saturated heterocycles. The summed E-state index contributed by atoms with van der Waals surface area (Å²) in [6.07, 6.45) is 1.08. The number of nitrogens with zero attached hydrogens (tertiary/aromatic N) is 3. The Hall–Kier alpha value is -2.41. The van der Waals surface area contributed by atoms with Gasteiger partial charge in [0.05, 0.1) is 4.92 Å². The third-order valence-corrected chi connectivity index (χ3v) is 3.30. The highest BCUT2D eigenvalue weighted by molar-refractivity contribution is 6.31. The van der Waals surface area contributed by atoms with Gasteiger partial charge in [0.1, 0.15) is 6.20 Å². The van der Waals surface area contributed by atoms with Gasteiger partial charge in [0, 0.05) is 18.1 Å². The number of amides is 1. The van der Waals surface area contributed by atoms with E-state index in [-0.39, 0.29) is 17.9 Å². The molecular formula is C13H13ClN4O3. The van der Waals surface area contributed by atoms with Crippen LogP contribution in [0.5, 0.6) is 0 Å². The Kier molecular flexibility index (Phi) is 4.54. The minimum absolute atomic E-state index is 0.0606. The topological polar surface area (TPSA) is 90.1 Å². The number of carbonyl (C=O) groups is 1. The van der Waals surface area contributed by atoms with Crippen molar-refractivity contribution >= 4 is 23.2 Å². The van der Waals surface area contributed by atoms with Crippen molar-refractivity contribution < 1.29 is 9.72 Å². The summed E-state index contributed by atoms with van der Waals surface area (Å²) >= 11 is 6.00. The van der Waals surface area contributed by atoms with Crippen LogP contribution in [0.25, 0.3) is 0 Å². The number of rotatable bonds is 5. The number of nitro groups is 1. The van der Waals surface area contributed by atoms with Gasteiger partial charge in [0.25, 0.3) is 5.91 Å². The zero-order chi connectivity index (χ0) is 15.4. The van der Waals surface area contributed by atoms with E-state index in [1.54, 1.807) is 31.2 Å². The summed E-state index contributed by atoms with van der Waals surface area (Å²) in [6, 6.07) is 7.06. The van der Waals surface area contributed by atoms with Crippen LogP contribution in [0.2, 0.25) is 5.02 Å². The Balaban J connectivity index is 2.19. The molecule has 0 radical (unpaired) electrons. The molecule has 2 aromatic rings. The van der Waals surface area contributed by atoms with E-state index >= 15 is 0 Å². The van der Waals surface area contributed by atoms with E-state index < -0.39 is 10.8 Å². The van der Waals surface area contributed by atoms with Crippen LogP contribution in [0.1, 0.15) is 23.0 Å². The standard InChI is InChI=1S/C13H13ClN4O3/c1-2-17-12(11(8-16-17)18(20)21)13(19)15-7-9-5-3-4-6-10(9)14/h3-6,8H,2,7H2,1H3,(H,15,19). The largest absolute Gasteiger partial charge is 0.346 e. The van der Waals surface area contributed by atoms with Gasteiger partial charge in [-0.05, 0) is 18.6 Å². The molecule has 1 N–H and O–H groups in total. The fourth-order valence-electron chi connectivity index (χ4n) is 1.88. The predicted octanol–water partition coefficient (Wildman–Crippen LogP) is 2.39. The van der Waals surface area contributed by atoms with Gasteiger partial charge in [-0.1, -0.05) is 29.8 Å². The molecule has 1 aromatic heterocycles. The fourth-order valence-corrected chi connectivity index (χ4v) is 2.09. The van der Waals surface area contributed by atoms with Gasteiger partial charge in [-0.3, -0.25) is 19.6 Å². The van der Waals surface area contributed by atoms with Crippen LogP contribution in [0.4, 0.5) is 5.69 Å². The molecule has 110 valence electrons. The summed E-state index contributed by atoms with van der Waals surface area (Å²) in [7, 11) is 0. The van der Waals surface area contributed by atoms with Crippen LogP contribution in [0.3, 0.4) is 0 Å². The van der Waals surface area contributed by atoms with E-state index in [0.29, 0.717) is 11.6 Å². The van der Waals surface area contributed by atoms with E-state index in [1.165, 1.54) is 4.68 Å². The van der Waals surface area contributed by atoms with Crippen LogP contribution in [0.15, 0.2) is 30.5 Å². The quantitative estimate of drug-likeness (QED) is 0.678. The molecule has 7 nitrogen and oxygen atoms in total. The van der Waals surface area contributed by atoms with Gasteiger partial charge < -0.3 is 5.32 Å². The number of aromatic nitrogens is 2. The van der Waals surface area contributed by atoms with Gasteiger partial charge in [-0.25, -0.2) is 0 Å². The van der Waals surface area contributed by atoms with Crippen molar-refractivity contribution in [1.29, 1.82) is 0 Å². The molecule has 0 unspecified atom stereocenters. The van der Waals surface area contributed by atoms with Crippen molar-refractivity contribution in [3.8, 4) is 0 Å². The fraction of sp³-hybridized carbons (Fsp3) is 0.231. The Morgan fingerprint density at radius 3 is 2.81 bits per heavy atom. The Labute approximate surface area is 125 Å². The average Bonchev–Trinajstić information content (AvgIpc) is 2.90. The molecule has 21 heavy (non-hydrogen) atoms. The first-order chi connectivity index (χ1) is 10.0. The highest BCUT2D eigenvalue weighted by Gasteiger charge is 2.26. The second-order valence-electron chi connectivity index (χ2n) is 4.23. The molecule has 0 fully saturated rings. The molecule has 0 aliphatic carbocycles. The third-order valence-electron chi connectivity index (χ3n) is 2.93. The van der Waals surface area contributed by atoms with Gasteiger partial charge in [-0.15, -0.1) is 0 Å². The summed E-state index contributed by atoms with van der Waals surface area (Å²) in [5.74, 6) is -0.555. The SMILES string of the molecule is CCn1ncc([N+](=O)[O-])c1C(=O)NCc1ccccc1Cl. The molecule has 1 heterocycles. The monoisotopic (exact) mass is 308 g/mol. The molecule has 0 aliphatic rings. The van der Waals surface area contributed by atoms with E-state index in [4.69, 9.17) is 11.6 Å². The minimum atomic E-state index is -0.621. The highest BCUT2D eigenvalue weighted by atomic mass is 35.5. The van der Waals surface area contributed by atoms with E-state index in [9.17, 15) is 14.9 Å². The summed E-state index contributed by atoms with van der Waals surface area (Å²) in [5.41, 5.74) is 0.362. The summed E-state index contributed by atoms with van der Waals surface area (Å²) < 4.78 is 1.29. The molecule has 0 saturated carbocycles. The number of hydrogen-bond donors (Lipinski definition) is 1. The lowest BCUT2D eigenvalue weighted by atomic mass is 10.2. The van der Waals surface area contributed by atoms with Gasteiger partial charge in [0.15, 0.2) is 0 Å². The molecule has 1 aromatic carbocycles. The van der Waals surface area contributed by atoms with Crippen LogP contribution < -0.4 is 5.32 Å². The normalized spacial score (nSPS) is 10.4. The van der Waals surface area contributed by atoms with E-state index in [0.717, 1.165) is 11.8 Å². The smallest absolute Gasteiger partial charge is 0.320 e. The number of carbonyl (C=O) groups excluding carboxylic acids is 1. The maximum atomic E-state index is 12.2. The maximum Gasteiger partial charge on any atom is 0.320 e. The van der Waals surface area contributed by atoms with Crippen LogP contribution in [-0.2, 0) is 13.1 Å². The molecule has 1 amide bonds. The van der Waals surface area contributed by atoms with Crippen molar-refractivity contribution in [2.45, 2.75) is 20.0 Å². The lowest BCUT2D eigenvalue weighted by Crippen LogP contribution is -2.26. The molecule has 8 heteroatoms. The number of aryl methyl sites for hydroxylation is 1. The lowest BCUT2D eigenvalue weighted by molar-refractivity contribution is -0.385. The lowest BCUT2D eigenvalue weighted by Gasteiger charge is -2.07. The molecule has 0 bridgehead atoms. The van der Waals surface area contributed by atoms with Crippen molar-refractivity contribution in [1.82, 2.24) is 15.1 Å². The Bertz CT molecular complexity index is 684. The summed E-state index contributed by atoms with van der Waals surface area (Å²) in [4.78, 5) is 22.5. The number of nitrogens with one attached hydrogen (secondary N) is 1. The number of benzene rings is 1. The highest BCUT2D eigenvalue weighted by Crippen LogP contribution is 2.19. The van der Waals surface area contributed by atoms with Gasteiger partial charge in [-0.2, -0.15) is 5.10 Å². The first-order valence-electron chi connectivity index (χ1n) is 6.26. The van der Waals surface area contributed by atoms with Crippen LogP contribution >= 0.6 is 11.6 Å². The van der Waals surface area contributed by atoms with Crippen molar-refractivity contribution in [3.63, 3.8) is 0 Å². The molecule has 0 aliphatic heterocycles. The number of halogens is 1. The summed E-state index contributed by atoms with van der Waals surface area (Å²) in [6.45, 7) is 2.30. The predicted molar refractivity (Wildman–Crippen MR) is 77.2 cm³/mol. The first kappa shape index (κ1) is 15.0. The zero-order valence-electron chi connectivity index (χ0n) is 11.2. The molecular weight excluding hydrogens is 296 g/mol. The molecule has 0 spiro atoms. The second kappa shape index (κ2) is 6.36. The van der Waals surface area contributed by atoms with E-state index in [1.807, 2.05) is 0 Å². The van der Waals surface area contributed by atoms with Crippen molar-refractivity contribution in [2.75, 3.05) is 0 Å². The van der Waals surface area contributed by atoms with E-state index in [2.05, 4.69) is 10.4 Å². The molecule has 0 atom stereocenters. The van der Waals surface area contributed by atoms with Crippen LogP contribution in [-0.4, -0.2) is 20.6 Å². The van der Waals surface area contributed by atoms with Gasteiger partial charge in [0.2, 0.25) is 5.69 Å². The second-order valence-corrected chi connectivity index (χ2v) is 4.63.